The van der Waals surface area contributed by atoms with Crippen LogP contribution < -0.4 is 20.1 Å². The number of piperidine rings is 1. The largest absolute Gasteiger partial charge is 0.385 e. The average molecular weight is 587 g/mol. The maximum atomic E-state index is 12.9. The number of hydrogen-bond acceptors (Lipinski definition) is 9. The molecule has 0 aliphatic carbocycles. The summed E-state index contributed by atoms with van der Waals surface area (Å²) in [7, 11) is -3.97. The van der Waals surface area contributed by atoms with Crippen molar-refractivity contribution in [3.8, 4) is 17.7 Å². The predicted octanol–water partition coefficient (Wildman–Crippen LogP) is 4.95. The number of fused-ring (bicyclic) bond motifs is 1. The Kier molecular flexibility index (Phi) is 10.1. The topological polar surface area (TPSA) is 110 Å². The fourth-order valence-corrected chi connectivity index (χ4v) is 5.99. The van der Waals surface area contributed by atoms with Gasteiger partial charge in [-0.1, -0.05) is 17.3 Å². The molecule has 0 radical (unpaired) electrons. The van der Waals surface area contributed by atoms with Gasteiger partial charge in [0.15, 0.2) is 5.13 Å². The Balaban J connectivity index is 0.00000353. The number of aryl methyl sites for hydroxylation is 1. The number of hydrogen-bond donors (Lipinski definition) is 3. The smallest absolute Gasteiger partial charge is 0.339 e. The van der Waals surface area contributed by atoms with Gasteiger partial charge in [-0.05, 0) is 74.7 Å². The van der Waals surface area contributed by atoms with Crippen LogP contribution in [0.2, 0.25) is 0 Å². The molecular weight excluding hydrogens is 556 g/mol. The zero-order valence-electron chi connectivity index (χ0n) is 21.3. The summed E-state index contributed by atoms with van der Waals surface area (Å²) in [5, 5.41) is 10.4. The number of nitrogens with one attached hydrogen (secondary N) is 3. The van der Waals surface area contributed by atoms with Crippen LogP contribution in [0.4, 0.5) is 10.8 Å². The van der Waals surface area contributed by atoms with Gasteiger partial charge in [-0.3, -0.25) is 5.32 Å². The van der Waals surface area contributed by atoms with Crippen LogP contribution in [0.25, 0.3) is 10.2 Å². The molecule has 4 aromatic rings. The van der Waals surface area contributed by atoms with E-state index in [1.165, 1.54) is 11.3 Å². The first kappa shape index (κ1) is 28.7. The van der Waals surface area contributed by atoms with E-state index in [0.29, 0.717) is 11.0 Å². The van der Waals surface area contributed by atoms with E-state index in [1.54, 1.807) is 55.0 Å². The van der Waals surface area contributed by atoms with Crippen LogP contribution in [-0.2, 0) is 16.7 Å². The van der Waals surface area contributed by atoms with Gasteiger partial charge in [0, 0.05) is 49.7 Å². The molecule has 1 saturated heterocycles. The van der Waals surface area contributed by atoms with Gasteiger partial charge in [0.2, 0.25) is 0 Å². The minimum atomic E-state index is -3.97. The summed E-state index contributed by atoms with van der Waals surface area (Å²) in [6.07, 6.45) is 9.59. The summed E-state index contributed by atoms with van der Waals surface area (Å²) in [6, 6.07) is 14.6. The number of benzene rings is 2. The van der Waals surface area contributed by atoms with Crippen molar-refractivity contribution in [1.29, 1.82) is 0 Å². The highest BCUT2D eigenvalue weighted by molar-refractivity contribution is 7.87. The van der Waals surface area contributed by atoms with E-state index in [-0.39, 0.29) is 23.1 Å². The first-order valence-corrected chi connectivity index (χ1v) is 14.9. The van der Waals surface area contributed by atoms with Crippen molar-refractivity contribution in [2.24, 2.45) is 5.92 Å². The SMILES string of the molecule is Cl.O=S(=O)(Oc1ccc2nc(NC#CCC3CCNCC3)sc2c1)c1ccc(NCCCn2ccnc2)cc1. The Morgan fingerprint density at radius 3 is 2.74 bits per heavy atom. The molecule has 0 atom stereocenters. The molecule has 5 rings (SSSR count). The van der Waals surface area contributed by atoms with E-state index in [0.717, 1.165) is 67.8 Å². The number of thiazole rings is 1. The fraction of sp³-hybridized carbons (Fsp3) is 0.333. The number of anilines is 2. The standard InChI is InChI=1S/C27H30N6O3S2.ClH/c34-38(35,24-7-4-22(5-8-24)30-13-2-17-33-18-16-29-20-33)36-23-6-9-25-26(19-23)37-27(32-25)31-12-1-3-21-10-14-28-15-11-21;/h4-9,16,18-21,28,30H,2-3,10-11,13-15,17H2,(H,31,32);1H. The Bertz CT molecular complexity index is 1510. The molecule has 0 spiro atoms. The molecule has 1 fully saturated rings. The maximum Gasteiger partial charge on any atom is 0.339 e. The summed E-state index contributed by atoms with van der Waals surface area (Å²) in [6.45, 7) is 3.75. The molecule has 3 heterocycles. The fourth-order valence-electron chi connectivity index (χ4n) is 4.22. The van der Waals surface area contributed by atoms with Gasteiger partial charge in [0.1, 0.15) is 10.6 Å². The molecule has 0 bridgehead atoms. The Labute approximate surface area is 238 Å². The third kappa shape index (κ3) is 8.10. The Hall–Kier alpha value is -3.30. The van der Waals surface area contributed by atoms with Crippen molar-refractivity contribution in [3.05, 3.63) is 61.2 Å². The maximum absolute atomic E-state index is 12.9. The lowest BCUT2D eigenvalue weighted by Crippen LogP contribution is -2.27. The van der Waals surface area contributed by atoms with Gasteiger partial charge < -0.3 is 19.4 Å². The van der Waals surface area contributed by atoms with E-state index >= 15 is 0 Å². The molecule has 0 saturated carbocycles. The second-order valence-corrected chi connectivity index (χ2v) is 11.7. The third-order valence-electron chi connectivity index (χ3n) is 6.30. The van der Waals surface area contributed by atoms with Crippen molar-refractivity contribution in [1.82, 2.24) is 19.9 Å². The van der Waals surface area contributed by atoms with Crippen molar-refractivity contribution >= 4 is 54.9 Å². The highest BCUT2D eigenvalue weighted by atomic mass is 35.5. The zero-order valence-corrected chi connectivity index (χ0v) is 23.7. The zero-order chi connectivity index (χ0) is 26.2. The van der Waals surface area contributed by atoms with Crippen LogP contribution in [0.3, 0.4) is 0 Å². The van der Waals surface area contributed by atoms with Gasteiger partial charge in [0.05, 0.1) is 16.5 Å². The molecule has 2 aromatic heterocycles. The molecule has 0 unspecified atom stereocenters. The van der Waals surface area contributed by atoms with E-state index in [4.69, 9.17) is 4.18 Å². The summed E-state index contributed by atoms with van der Waals surface area (Å²) in [5.74, 6) is 4.09. The summed E-state index contributed by atoms with van der Waals surface area (Å²) >= 11 is 1.41. The molecule has 0 amide bonds. The molecule has 1 aliphatic heterocycles. The summed E-state index contributed by atoms with van der Waals surface area (Å²) in [5.41, 5.74) is 1.60. The van der Waals surface area contributed by atoms with Crippen LogP contribution in [0.5, 0.6) is 5.75 Å². The molecule has 12 heteroatoms. The first-order chi connectivity index (χ1) is 18.5. The van der Waals surface area contributed by atoms with Gasteiger partial charge in [-0.2, -0.15) is 8.42 Å². The molecule has 3 N–H and O–H groups in total. The van der Waals surface area contributed by atoms with Gasteiger partial charge in [0.25, 0.3) is 0 Å². The van der Waals surface area contributed by atoms with Crippen LogP contribution in [0.15, 0.2) is 66.1 Å². The van der Waals surface area contributed by atoms with Crippen molar-refractivity contribution in [3.63, 3.8) is 0 Å². The molecule has 1 aliphatic rings. The Morgan fingerprint density at radius 2 is 1.97 bits per heavy atom. The normalized spacial score (nSPS) is 13.7. The van der Waals surface area contributed by atoms with Crippen LogP contribution in [-0.4, -0.2) is 42.6 Å². The van der Waals surface area contributed by atoms with E-state index in [1.807, 2.05) is 10.8 Å². The highest BCUT2D eigenvalue weighted by Crippen LogP contribution is 2.30. The minimum Gasteiger partial charge on any atom is -0.385 e. The molecule has 206 valence electrons. The third-order valence-corrected chi connectivity index (χ3v) is 8.49. The highest BCUT2D eigenvalue weighted by Gasteiger charge is 2.17. The van der Waals surface area contributed by atoms with Crippen LogP contribution in [0.1, 0.15) is 25.7 Å². The van der Waals surface area contributed by atoms with E-state index in [2.05, 4.69) is 37.9 Å². The van der Waals surface area contributed by atoms with Gasteiger partial charge in [-0.15, -0.1) is 12.4 Å². The summed E-state index contributed by atoms with van der Waals surface area (Å²) in [4.78, 5) is 8.65. The number of nitrogens with zero attached hydrogens (tertiary/aromatic N) is 3. The number of imidazole rings is 1. The van der Waals surface area contributed by atoms with Crippen LogP contribution >= 0.6 is 23.7 Å². The number of rotatable bonds is 10. The van der Waals surface area contributed by atoms with Gasteiger partial charge >= 0.3 is 10.1 Å². The van der Waals surface area contributed by atoms with E-state index in [9.17, 15) is 8.42 Å². The quantitative estimate of drug-likeness (QED) is 0.104. The minimum absolute atomic E-state index is 0. The number of halogens is 1. The second-order valence-electron chi connectivity index (χ2n) is 9.12. The lowest BCUT2D eigenvalue weighted by Gasteiger charge is -2.19. The van der Waals surface area contributed by atoms with Crippen molar-refractivity contribution < 1.29 is 12.6 Å². The molecular formula is C27H31ClN6O3S2. The summed E-state index contributed by atoms with van der Waals surface area (Å²) < 4.78 is 34.0. The van der Waals surface area contributed by atoms with Crippen LogP contribution in [0, 0.1) is 17.9 Å². The van der Waals surface area contributed by atoms with Gasteiger partial charge in [-0.25, -0.2) is 9.97 Å². The number of aromatic nitrogens is 3. The van der Waals surface area contributed by atoms with Crippen molar-refractivity contribution in [2.75, 3.05) is 30.3 Å². The monoisotopic (exact) mass is 586 g/mol. The molecule has 9 nitrogen and oxygen atoms in total. The first-order valence-electron chi connectivity index (χ1n) is 12.6. The molecule has 39 heavy (non-hydrogen) atoms. The lowest BCUT2D eigenvalue weighted by atomic mass is 9.95. The lowest BCUT2D eigenvalue weighted by molar-refractivity contribution is 0.381. The van der Waals surface area contributed by atoms with E-state index < -0.39 is 10.1 Å². The molecule has 2 aromatic carbocycles. The predicted molar refractivity (Wildman–Crippen MR) is 158 cm³/mol. The van der Waals surface area contributed by atoms with Crippen molar-refractivity contribution in [2.45, 2.75) is 37.1 Å². The second kappa shape index (κ2) is 13.7. The Morgan fingerprint density at radius 1 is 1.15 bits per heavy atom. The average Bonchev–Trinajstić information content (AvgIpc) is 3.59.